The van der Waals surface area contributed by atoms with E-state index in [0.717, 1.165) is 57.8 Å². The average Bonchev–Trinajstić information content (AvgIpc) is 3.46. The van der Waals surface area contributed by atoms with E-state index in [-0.39, 0.29) is 29.3 Å². The minimum absolute atomic E-state index is 0.0172. The van der Waals surface area contributed by atoms with E-state index in [1.165, 1.54) is 6.20 Å². The molecule has 0 aromatic carbocycles. The predicted molar refractivity (Wildman–Crippen MR) is 124 cm³/mol. The maximum atomic E-state index is 13.5. The third kappa shape index (κ3) is 5.44. The molecule has 34 heavy (non-hydrogen) atoms. The molecule has 2 aliphatic rings. The molecule has 1 aliphatic heterocycles. The standard InChI is InChI=1S/C23H28F3N5O2S/c1-33-19(23(24,25)26)17-14-30(21(28-17)15-7-3-2-4-8-15)11-5-9-16-13-31(18-10-6-12-34-18)22(32)29-20(16)27/h13-15,18-19H,2-4,6-8,10-12H2,1H3,(H2,27,29,32)/t18-,19?/m0/s1. The van der Waals surface area contributed by atoms with Gasteiger partial charge in [-0.25, -0.2) is 9.78 Å². The van der Waals surface area contributed by atoms with Gasteiger partial charge < -0.3 is 15.0 Å². The zero-order valence-corrected chi connectivity index (χ0v) is 19.8. The molecule has 1 aliphatic carbocycles. The van der Waals surface area contributed by atoms with Crippen molar-refractivity contribution in [3.05, 3.63) is 40.0 Å². The first-order valence-electron chi connectivity index (χ1n) is 11.4. The Labute approximate surface area is 200 Å². The molecule has 0 radical (unpaired) electrons. The number of alkyl halides is 3. The Bertz CT molecular complexity index is 1120. The highest BCUT2D eigenvalue weighted by Crippen LogP contribution is 2.38. The fourth-order valence-electron chi connectivity index (χ4n) is 4.60. The quantitative estimate of drug-likeness (QED) is 0.619. The number of rotatable bonds is 5. The van der Waals surface area contributed by atoms with Crippen molar-refractivity contribution in [2.24, 2.45) is 0 Å². The Balaban J connectivity index is 1.63. The molecule has 0 amide bonds. The second-order valence-corrected chi connectivity index (χ2v) is 9.93. The summed E-state index contributed by atoms with van der Waals surface area (Å²) >= 11 is 1.69. The molecule has 0 bridgehead atoms. The number of imidazole rings is 1. The second-order valence-electron chi connectivity index (χ2n) is 8.64. The van der Waals surface area contributed by atoms with Crippen LogP contribution >= 0.6 is 11.8 Å². The largest absolute Gasteiger partial charge is 0.420 e. The number of methoxy groups -OCH3 is 1. The van der Waals surface area contributed by atoms with Crippen LogP contribution in [0.4, 0.5) is 19.0 Å². The third-order valence-corrected chi connectivity index (χ3v) is 7.64. The van der Waals surface area contributed by atoms with Crippen molar-refractivity contribution in [2.75, 3.05) is 18.6 Å². The molecule has 2 fully saturated rings. The summed E-state index contributed by atoms with van der Waals surface area (Å²) in [4.78, 5) is 20.5. The summed E-state index contributed by atoms with van der Waals surface area (Å²) in [5.41, 5.74) is 5.79. The van der Waals surface area contributed by atoms with E-state index < -0.39 is 18.0 Å². The lowest BCUT2D eigenvalue weighted by Gasteiger charge is -2.21. The Morgan fingerprint density at radius 3 is 2.62 bits per heavy atom. The van der Waals surface area contributed by atoms with Crippen molar-refractivity contribution in [3.63, 3.8) is 0 Å². The molecular formula is C23H28F3N5O2S. The van der Waals surface area contributed by atoms with Crippen LogP contribution in [0.25, 0.3) is 0 Å². The highest BCUT2D eigenvalue weighted by molar-refractivity contribution is 7.99. The molecule has 0 spiro atoms. The third-order valence-electron chi connectivity index (χ3n) is 6.27. The summed E-state index contributed by atoms with van der Waals surface area (Å²) in [7, 11) is 1.03. The average molecular weight is 496 g/mol. The summed E-state index contributed by atoms with van der Waals surface area (Å²) in [5, 5.41) is 0.0172. The first-order chi connectivity index (χ1) is 16.3. The Hall–Kier alpha value is -2.45. The van der Waals surface area contributed by atoms with Gasteiger partial charge in [0.15, 0.2) is 6.10 Å². The van der Waals surface area contributed by atoms with Crippen LogP contribution in [0.1, 0.15) is 79.4 Å². The lowest BCUT2D eigenvalue weighted by atomic mass is 9.88. The van der Waals surface area contributed by atoms with Gasteiger partial charge in [-0.15, -0.1) is 11.8 Å². The normalized spacial score (nSPS) is 20.2. The Morgan fingerprint density at radius 1 is 1.21 bits per heavy atom. The topological polar surface area (TPSA) is 88.0 Å². The lowest BCUT2D eigenvalue weighted by molar-refractivity contribution is -0.217. The molecule has 1 unspecified atom stereocenters. The molecule has 2 N–H and O–H groups in total. The highest BCUT2D eigenvalue weighted by Gasteiger charge is 2.43. The van der Waals surface area contributed by atoms with Crippen molar-refractivity contribution >= 4 is 17.6 Å². The number of nitrogens with zero attached hydrogens (tertiary/aromatic N) is 4. The smallest absolute Gasteiger partial charge is 0.382 e. The second kappa shape index (κ2) is 10.4. The summed E-state index contributed by atoms with van der Waals surface area (Å²) in [6.45, 7) is 0.143. The van der Waals surface area contributed by atoms with Crippen molar-refractivity contribution in [2.45, 2.75) is 75.1 Å². The maximum Gasteiger partial charge on any atom is 0.420 e. The molecular weight excluding hydrogens is 467 g/mol. The van der Waals surface area contributed by atoms with Gasteiger partial charge in [-0.2, -0.15) is 18.2 Å². The van der Waals surface area contributed by atoms with Gasteiger partial charge in [0.05, 0.1) is 23.2 Å². The van der Waals surface area contributed by atoms with Crippen LogP contribution in [0.2, 0.25) is 0 Å². The Kier molecular flexibility index (Phi) is 7.57. The van der Waals surface area contributed by atoms with Gasteiger partial charge in [0.2, 0.25) is 0 Å². The van der Waals surface area contributed by atoms with E-state index in [1.54, 1.807) is 27.1 Å². The summed E-state index contributed by atoms with van der Waals surface area (Å²) in [6, 6.07) is 0. The van der Waals surface area contributed by atoms with Gasteiger partial charge in [0, 0.05) is 25.4 Å². The monoisotopic (exact) mass is 495 g/mol. The number of halogens is 3. The number of aromatic nitrogens is 4. The van der Waals surface area contributed by atoms with Gasteiger partial charge in [0.25, 0.3) is 0 Å². The predicted octanol–water partition coefficient (Wildman–Crippen LogP) is 4.40. The number of hydrogen-bond donors (Lipinski definition) is 1. The number of thioether (sulfide) groups is 1. The molecule has 4 rings (SSSR count). The van der Waals surface area contributed by atoms with Crippen LogP contribution in [0.15, 0.2) is 17.2 Å². The number of nitrogens with two attached hydrogens (primary N) is 1. The SMILES string of the molecule is COC(c1cn(CC#Cc2cn([C@@H]3CCCS3)c(=O)nc2N)c(C2CCCCC2)n1)C(F)(F)F. The highest BCUT2D eigenvalue weighted by atomic mass is 32.2. The van der Waals surface area contributed by atoms with E-state index >= 15 is 0 Å². The van der Waals surface area contributed by atoms with Crippen LogP contribution < -0.4 is 11.4 Å². The van der Waals surface area contributed by atoms with Gasteiger partial charge in [-0.05, 0) is 31.4 Å². The summed E-state index contributed by atoms with van der Waals surface area (Å²) < 4.78 is 48.3. The number of nitrogen functional groups attached to an aromatic ring is 1. The number of ether oxygens (including phenoxy) is 1. The minimum Gasteiger partial charge on any atom is -0.382 e. The van der Waals surface area contributed by atoms with E-state index in [2.05, 4.69) is 21.8 Å². The fraction of sp³-hybridized carbons (Fsp3) is 0.609. The van der Waals surface area contributed by atoms with Gasteiger partial charge in [0.1, 0.15) is 11.6 Å². The van der Waals surface area contributed by atoms with Gasteiger partial charge in [-0.3, -0.25) is 4.57 Å². The molecule has 2 aromatic heterocycles. The summed E-state index contributed by atoms with van der Waals surface area (Å²) in [6.07, 6.45) is 3.21. The molecule has 7 nitrogen and oxygen atoms in total. The molecule has 11 heteroatoms. The van der Waals surface area contributed by atoms with E-state index in [0.29, 0.717) is 11.4 Å². The van der Waals surface area contributed by atoms with Crippen LogP contribution in [0.3, 0.4) is 0 Å². The van der Waals surface area contributed by atoms with Crippen molar-refractivity contribution < 1.29 is 17.9 Å². The van der Waals surface area contributed by atoms with E-state index in [1.807, 2.05) is 0 Å². The molecule has 1 saturated heterocycles. The number of hydrogen-bond acceptors (Lipinski definition) is 6. The number of anilines is 1. The zero-order chi connectivity index (χ0) is 24.3. The maximum absolute atomic E-state index is 13.5. The van der Waals surface area contributed by atoms with Crippen LogP contribution in [0.5, 0.6) is 0 Å². The zero-order valence-electron chi connectivity index (χ0n) is 19.0. The van der Waals surface area contributed by atoms with Crippen molar-refractivity contribution in [1.82, 2.24) is 19.1 Å². The van der Waals surface area contributed by atoms with E-state index in [9.17, 15) is 18.0 Å². The molecule has 2 aromatic rings. The first kappa shape index (κ1) is 24.7. The van der Waals surface area contributed by atoms with Crippen molar-refractivity contribution in [1.29, 1.82) is 0 Å². The van der Waals surface area contributed by atoms with Gasteiger partial charge >= 0.3 is 11.9 Å². The van der Waals surface area contributed by atoms with Crippen LogP contribution in [0, 0.1) is 11.8 Å². The van der Waals surface area contributed by atoms with Gasteiger partial charge in [-0.1, -0.05) is 31.1 Å². The van der Waals surface area contributed by atoms with Crippen LogP contribution in [-0.4, -0.2) is 38.1 Å². The van der Waals surface area contributed by atoms with Crippen LogP contribution in [-0.2, 0) is 11.3 Å². The Morgan fingerprint density at radius 2 is 1.97 bits per heavy atom. The van der Waals surface area contributed by atoms with Crippen molar-refractivity contribution in [3.8, 4) is 11.8 Å². The fourth-order valence-corrected chi connectivity index (χ4v) is 5.85. The molecule has 3 heterocycles. The molecule has 184 valence electrons. The first-order valence-corrected chi connectivity index (χ1v) is 12.5. The summed E-state index contributed by atoms with van der Waals surface area (Å²) in [5.74, 6) is 7.67. The molecule has 2 atom stereocenters. The van der Waals surface area contributed by atoms with E-state index in [4.69, 9.17) is 10.5 Å². The minimum atomic E-state index is -4.56. The molecule has 1 saturated carbocycles. The lowest BCUT2D eigenvalue weighted by Crippen LogP contribution is -2.26.